The monoisotopic (exact) mass is 841 g/mol. The summed E-state index contributed by atoms with van der Waals surface area (Å²) >= 11 is 1.87. The largest absolute Gasteiger partial charge is 0.357 e. The first kappa shape index (κ1) is 42.6. The number of aryl methyl sites for hydroxylation is 2. The summed E-state index contributed by atoms with van der Waals surface area (Å²) in [4.78, 5) is 77.6. The van der Waals surface area contributed by atoms with Gasteiger partial charge in [-0.25, -0.2) is 18.4 Å². The van der Waals surface area contributed by atoms with E-state index in [4.69, 9.17) is 4.99 Å². The number of imidazole rings is 1. The zero-order valence-corrected chi connectivity index (χ0v) is 36.6. The van der Waals surface area contributed by atoms with Crippen molar-refractivity contribution in [2.75, 3.05) is 46.3 Å². The van der Waals surface area contributed by atoms with Gasteiger partial charge in [0.2, 0.25) is 17.7 Å². The lowest BCUT2D eigenvalue weighted by Crippen LogP contribution is -2.39. The first-order valence-corrected chi connectivity index (χ1v) is 23.1. The number of carbonyl (C=O) groups is 4. The number of fused-ring (bicyclic) bond motifs is 1. The lowest BCUT2D eigenvalue weighted by atomic mass is 9.86. The molecule has 2 aliphatic carbocycles. The number of hydrogen-bond donors (Lipinski definition) is 1. The minimum atomic E-state index is -0.759. The van der Waals surface area contributed by atoms with Crippen LogP contribution < -0.4 is 11.0 Å². The van der Waals surface area contributed by atoms with E-state index in [2.05, 4.69) is 37.5 Å². The highest BCUT2D eigenvalue weighted by molar-refractivity contribution is 7.94. The number of rotatable bonds is 16. The molecular formula is C45H63N9O5S. The van der Waals surface area contributed by atoms with E-state index in [0.29, 0.717) is 17.9 Å². The normalized spacial score (nSPS) is 26.5. The van der Waals surface area contributed by atoms with Crippen LogP contribution in [-0.4, -0.2) is 123 Å². The summed E-state index contributed by atoms with van der Waals surface area (Å²) in [6, 6.07) is 5.60. The fourth-order valence-electron chi connectivity index (χ4n) is 10.8. The van der Waals surface area contributed by atoms with Gasteiger partial charge in [-0.15, -0.1) is 0 Å². The molecule has 0 radical (unpaired) electrons. The molecule has 0 bridgehead atoms. The number of unbranched alkanes of at least 4 members (excludes halogenated alkanes) is 1. The van der Waals surface area contributed by atoms with Gasteiger partial charge < -0.3 is 15.0 Å². The first-order valence-electron chi connectivity index (χ1n) is 22.4. The molecule has 4 unspecified atom stereocenters. The van der Waals surface area contributed by atoms with E-state index >= 15 is 0 Å². The average molecular weight is 842 g/mol. The van der Waals surface area contributed by atoms with Crippen molar-refractivity contribution < 1.29 is 19.2 Å². The standard InChI is InChI=1S/C45H63N9O5S/c1-31-9-7-11-35(31)54-40(46-2)34(45(18-19-45)42(54)58)28-48-33-16-22-51(23-17-33)60-52-25-21-44(30-52)20-24-50(29-44)39(56)13-6-5-10-32-14-15-36-38(27-32)49(4)43(59)53(36)37(12-8-26-55)41(57)47-3/h14-15,26-28,31,33,35,37H,2,5-13,16-25,29-30H2,1,3-4H3,(H,47,57). The molecule has 15 heteroatoms. The van der Waals surface area contributed by atoms with Gasteiger partial charge in [0.05, 0.1) is 22.5 Å². The summed E-state index contributed by atoms with van der Waals surface area (Å²) in [7, 11) is 3.24. The Bertz CT molecular complexity index is 2120. The summed E-state index contributed by atoms with van der Waals surface area (Å²) < 4.78 is 8.05. The van der Waals surface area contributed by atoms with Crippen LogP contribution in [0.5, 0.6) is 0 Å². The molecule has 1 N–H and O–H groups in total. The molecule has 2 saturated carbocycles. The predicted octanol–water partition coefficient (Wildman–Crippen LogP) is 5.07. The van der Waals surface area contributed by atoms with Crippen molar-refractivity contribution in [2.45, 2.75) is 121 Å². The number of likely N-dealkylation sites (N-methyl/N-ethyl adjacent to an activating group) is 1. The highest BCUT2D eigenvalue weighted by atomic mass is 32.2. The SMILES string of the molecule is C=NC1=C(C=NC2CCN(SN3CCC4(CCN(C(=O)CCCCc5ccc6c(c5)n(C)c(=O)n6C(CCC=O)C(=O)NC)C4)C3)CC2)C2(CC2)C(=O)N1C1CCCC1C. The second-order valence-corrected chi connectivity index (χ2v) is 19.6. The summed E-state index contributed by atoms with van der Waals surface area (Å²) in [6.45, 7) is 11.8. The molecule has 5 heterocycles. The van der Waals surface area contributed by atoms with E-state index in [9.17, 15) is 24.0 Å². The van der Waals surface area contributed by atoms with Crippen LogP contribution in [0.3, 0.4) is 0 Å². The van der Waals surface area contributed by atoms with Crippen LogP contribution in [0, 0.1) is 16.7 Å². The molecule has 60 heavy (non-hydrogen) atoms. The molecule has 4 aliphatic heterocycles. The molecule has 2 aromatic rings. The number of benzene rings is 1. The van der Waals surface area contributed by atoms with Gasteiger partial charge in [-0.2, -0.15) is 0 Å². The Kier molecular flexibility index (Phi) is 12.6. The topological polar surface area (TPSA) is 145 Å². The van der Waals surface area contributed by atoms with Gasteiger partial charge >= 0.3 is 5.69 Å². The second-order valence-electron chi connectivity index (χ2n) is 18.4. The van der Waals surface area contributed by atoms with Crippen LogP contribution in [0.1, 0.15) is 108 Å². The maximum atomic E-state index is 13.7. The van der Waals surface area contributed by atoms with Gasteiger partial charge in [0.1, 0.15) is 18.1 Å². The van der Waals surface area contributed by atoms with Crippen LogP contribution in [0.2, 0.25) is 0 Å². The number of aromatic nitrogens is 2. The Hall–Kier alpha value is -4.08. The highest BCUT2D eigenvalue weighted by Crippen LogP contribution is 2.59. The maximum absolute atomic E-state index is 13.7. The Morgan fingerprint density at radius 3 is 2.48 bits per heavy atom. The molecule has 8 rings (SSSR count). The molecule has 5 fully saturated rings. The summed E-state index contributed by atoms with van der Waals surface area (Å²) in [5.41, 5.74) is 2.97. The number of carbonyl (C=O) groups excluding carboxylic acids is 4. The average Bonchev–Trinajstić information content (AvgIpc) is 3.49. The third kappa shape index (κ3) is 8.17. The number of aliphatic imine (C=N–C) groups is 2. The van der Waals surface area contributed by atoms with E-state index in [1.165, 1.54) is 11.6 Å². The lowest BCUT2D eigenvalue weighted by Gasteiger charge is -2.32. The van der Waals surface area contributed by atoms with Gasteiger partial charge in [0.25, 0.3) is 0 Å². The number of hydrogen-bond acceptors (Lipinski definition) is 10. The van der Waals surface area contributed by atoms with Crippen LogP contribution in [0.15, 0.2) is 44.4 Å². The lowest BCUT2D eigenvalue weighted by molar-refractivity contribution is -0.134. The minimum absolute atomic E-state index is 0.170. The summed E-state index contributed by atoms with van der Waals surface area (Å²) in [5.74, 6) is 1.42. The van der Waals surface area contributed by atoms with E-state index in [0.717, 1.165) is 145 Å². The van der Waals surface area contributed by atoms with Crippen molar-refractivity contribution in [3.8, 4) is 0 Å². The van der Waals surface area contributed by atoms with Gasteiger partial charge in [0.15, 0.2) is 0 Å². The number of nitrogens with one attached hydrogen (secondary N) is 1. The van der Waals surface area contributed by atoms with Crippen LogP contribution >= 0.6 is 12.1 Å². The Labute approximate surface area is 358 Å². The Morgan fingerprint density at radius 2 is 1.78 bits per heavy atom. The maximum Gasteiger partial charge on any atom is 0.329 e. The van der Waals surface area contributed by atoms with Crippen molar-refractivity contribution in [1.82, 2.24) is 32.9 Å². The van der Waals surface area contributed by atoms with E-state index < -0.39 is 11.5 Å². The molecule has 6 aliphatic rings. The zero-order valence-electron chi connectivity index (χ0n) is 35.8. The first-order chi connectivity index (χ1) is 29.0. The quantitative estimate of drug-likeness (QED) is 0.107. The van der Waals surface area contributed by atoms with Crippen molar-refractivity contribution in [3.05, 3.63) is 45.6 Å². The minimum Gasteiger partial charge on any atom is -0.357 e. The Balaban J connectivity index is 0.773. The van der Waals surface area contributed by atoms with Gasteiger partial charge in [0, 0.05) is 102 Å². The third-order valence-corrected chi connectivity index (χ3v) is 15.7. The third-order valence-electron chi connectivity index (χ3n) is 14.6. The predicted molar refractivity (Wildman–Crippen MR) is 236 cm³/mol. The second kappa shape index (κ2) is 17.7. The highest BCUT2D eigenvalue weighted by Gasteiger charge is 2.62. The fraction of sp³-hybridized carbons (Fsp3) is 0.667. The van der Waals surface area contributed by atoms with E-state index in [1.807, 2.05) is 41.4 Å². The molecule has 3 saturated heterocycles. The van der Waals surface area contributed by atoms with Gasteiger partial charge in [-0.1, -0.05) is 19.4 Å². The molecule has 324 valence electrons. The van der Waals surface area contributed by atoms with Crippen molar-refractivity contribution >= 4 is 60.1 Å². The summed E-state index contributed by atoms with van der Waals surface area (Å²) in [5, 5.41) is 2.63. The molecular weight excluding hydrogens is 779 g/mol. The summed E-state index contributed by atoms with van der Waals surface area (Å²) in [6.07, 6.45) is 15.5. The number of nitrogens with zero attached hydrogens (tertiary/aromatic N) is 8. The van der Waals surface area contributed by atoms with Gasteiger partial charge in [-0.3, -0.25) is 33.4 Å². The van der Waals surface area contributed by atoms with Crippen molar-refractivity contribution in [3.63, 3.8) is 0 Å². The molecule has 2 spiro atoms. The molecule has 14 nitrogen and oxygen atoms in total. The number of likely N-dealkylation sites (tertiary alicyclic amines) is 1. The van der Waals surface area contributed by atoms with E-state index in [1.54, 1.807) is 11.6 Å². The van der Waals surface area contributed by atoms with Gasteiger partial charge in [-0.05, 0) is 107 Å². The Morgan fingerprint density at radius 1 is 1.00 bits per heavy atom. The molecule has 1 aromatic heterocycles. The van der Waals surface area contributed by atoms with Crippen molar-refractivity contribution in [2.24, 2.45) is 33.8 Å². The number of amides is 3. The zero-order chi connectivity index (χ0) is 42.2. The van der Waals surface area contributed by atoms with Crippen molar-refractivity contribution in [1.29, 1.82) is 0 Å². The van der Waals surface area contributed by atoms with Crippen LogP contribution in [0.4, 0.5) is 0 Å². The molecule has 3 amide bonds. The number of piperidine rings is 1. The van der Waals surface area contributed by atoms with Crippen LogP contribution in [0.25, 0.3) is 11.0 Å². The fourth-order valence-corrected chi connectivity index (χ4v) is 12.0. The van der Waals surface area contributed by atoms with E-state index in [-0.39, 0.29) is 53.8 Å². The molecule has 4 atom stereocenters. The molecule has 1 aromatic carbocycles. The number of aldehydes is 1. The smallest absolute Gasteiger partial charge is 0.329 e. The van der Waals surface area contributed by atoms with Crippen LogP contribution in [-0.2, 0) is 32.6 Å².